The highest BCUT2D eigenvalue weighted by molar-refractivity contribution is 7.10. The molecule has 32 heavy (non-hydrogen) atoms. The number of esters is 1. The van der Waals surface area contributed by atoms with Gasteiger partial charge in [-0.3, -0.25) is 9.59 Å². The first-order valence-corrected chi connectivity index (χ1v) is 11.5. The number of hydrogen-bond donors (Lipinski definition) is 0. The summed E-state index contributed by atoms with van der Waals surface area (Å²) in [4.78, 5) is 33.2. The van der Waals surface area contributed by atoms with Gasteiger partial charge in [-0.1, -0.05) is 49.7 Å². The molecule has 3 aromatic rings. The van der Waals surface area contributed by atoms with E-state index in [2.05, 4.69) is 10.1 Å². The second-order valence-corrected chi connectivity index (χ2v) is 10.1. The van der Waals surface area contributed by atoms with Crippen LogP contribution in [0.25, 0.3) is 0 Å². The summed E-state index contributed by atoms with van der Waals surface area (Å²) in [5, 5.41) is 5.93. The Balaban J connectivity index is 1.57. The third-order valence-electron chi connectivity index (χ3n) is 5.52. The van der Waals surface area contributed by atoms with E-state index < -0.39 is 12.0 Å². The summed E-state index contributed by atoms with van der Waals surface area (Å²) in [6.45, 7) is 7.86. The summed E-state index contributed by atoms with van der Waals surface area (Å²) in [6.07, 6.45) is 0.712. The van der Waals surface area contributed by atoms with Crippen molar-refractivity contribution in [3.63, 3.8) is 0 Å². The number of aryl methyl sites for hydroxylation is 1. The van der Waals surface area contributed by atoms with Gasteiger partial charge in [-0.05, 0) is 36.9 Å². The highest BCUT2D eigenvalue weighted by Crippen LogP contribution is 2.42. The molecule has 1 fully saturated rings. The van der Waals surface area contributed by atoms with E-state index in [0.717, 1.165) is 16.1 Å². The predicted octanol–water partition coefficient (Wildman–Crippen LogP) is 4.96. The summed E-state index contributed by atoms with van der Waals surface area (Å²) >= 11 is 1.53. The molecule has 1 aromatic carbocycles. The molecule has 4 rings (SSSR count). The third-order valence-corrected chi connectivity index (χ3v) is 6.47. The molecule has 0 radical (unpaired) electrons. The minimum atomic E-state index is -0.488. The van der Waals surface area contributed by atoms with Crippen LogP contribution in [0.2, 0.25) is 0 Å². The minimum Gasteiger partial charge on any atom is -0.455 e. The molecule has 2 aromatic heterocycles. The van der Waals surface area contributed by atoms with E-state index in [1.165, 1.54) is 11.3 Å². The van der Waals surface area contributed by atoms with Crippen LogP contribution < -0.4 is 4.90 Å². The molecule has 2 atom stereocenters. The molecule has 1 saturated heterocycles. The molecule has 0 bridgehead atoms. The van der Waals surface area contributed by atoms with E-state index >= 15 is 0 Å². The van der Waals surface area contributed by atoms with E-state index in [1.54, 1.807) is 4.90 Å². The first-order valence-electron chi connectivity index (χ1n) is 10.7. The first-order chi connectivity index (χ1) is 15.2. The maximum Gasteiger partial charge on any atom is 0.311 e. The van der Waals surface area contributed by atoms with E-state index in [1.807, 2.05) is 69.5 Å². The summed E-state index contributed by atoms with van der Waals surface area (Å²) in [7, 11) is 0. The van der Waals surface area contributed by atoms with Gasteiger partial charge in [-0.15, -0.1) is 11.3 Å². The summed E-state index contributed by atoms with van der Waals surface area (Å²) < 4.78 is 10.8. The van der Waals surface area contributed by atoms with Crippen LogP contribution in [0, 0.1) is 12.8 Å². The highest BCUT2D eigenvalue weighted by Gasteiger charge is 2.43. The fraction of sp³-hybridized carbons (Fsp3) is 0.417. The van der Waals surface area contributed by atoms with Crippen LogP contribution in [0.1, 0.15) is 61.8 Å². The van der Waals surface area contributed by atoms with Gasteiger partial charge in [0.25, 0.3) is 5.89 Å². The second-order valence-electron chi connectivity index (χ2n) is 9.07. The lowest BCUT2D eigenvalue weighted by atomic mass is 9.87. The van der Waals surface area contributed by atoms with Gasteiger partial charge < -0.3 is 14.2 Å². The number of anilines is 1. The molecule has 3 heterocycles. The Morgan fingerprint density at radius 2 is 2.00 bits per heavy atom. The largest absolute Gasteiger partial charge is 0.455 e. The third kappa shape index (κ3) is 4.60. The lowest BCUT2D eigenvalue weighted by molar-refractivity contribution is -0.153. The van der Waals surface area contributed by atoms with Gasteiger partial charge in [0.2, 0.25) is 5.91 Å². The molecule has 0 unspecified atom stereocenters. The van der Waals surface area contributed by atoms with Crippen molar-refractivity contribution in [3.8, 4) is 0 Å². The van der Waals surface area contributed by atoms with E-state index in [9.17, 15) is 9.59 Å². The fourth-order valence-corrected chi connectivity index (χ4v) is 4.67. The molecule has 1 amide bonds. The maximum atomic E-state index is 13.2. The Kier molecular flexibility index (Phi) is 6.15. The van der Waals surface area contributed by atoms with Crippen LogP contribution in [-0.2, 0) is 26.3 Å². The zero-order chi connectivity index (χ0) is 22.9. The number of hydrogen-bond acceptors (Lipinski definition) is 7. The average Bonchev–Trinajstić information content (AvgIpc) is 3.44. The van der Waals surface area contributed by atoms with Gasteiger partial charge in [0.1, 0.15) is 0 Å². The number of carbonyl (C=O) groups is 2. The molecule has 1 aliphatic rings. The lowest BCUT2D eigenvalue weighted by Crippen LogP contribution is -2.45. The van der Waals surface area contributed by atoms with Crippen LogP contribution in [0.5, 0.6) is 0 Å². The zero-order valence-electron chi connectivity index (χ0n) is 18.7. The van der Waals surface area contributed by atoms with Crippen LogP contribution in [0.3, 0.4) is 0 Å². The molecular formula is C24H27N3O4S. The summed E-state index contributed by atoms with van der Waals surface area (Å²) in [5.74, 6) is -0.0312. The van der Waals surface area contributed by atoms with Gasteiger partial charge in [-0.2, -0.15) is 4.98 Å². The number of carbonyl (C=O) groups excluding carboxylic acids is 2. The molecule has 0 spiro atoms. The van der Waals surface area contributed by atoms with Crippen molar-refractivity contribution in [1.82, 2.24) is 10.1 Å². The van der Waals surface area contributed by atoms with Gasteiger partial charge in [0.15, 0.2) is 12.4 Å². The van der Waals surface area contributed by atoms with Crippen molar-refractivity contribution in [2.24, 2.45) is 5.92 Å². The number of aromatic nitrogens is 2. The Hall–Kier alpha value is -3.00. The van der Waals surface area contributed by atoms with E-state index in [4.69, 9.17) is 9.26 Å². The van der Waals surface area contributed by atoms with Gasteiger partial charge in [-0.25, -0.2) is 0 Å². The molecule has 0 aliphatic carbocycles. The maximum absolute atomic E-state index is 13.2. The Morgan fingerprint density at radius 1 is 1.25 bits per heavy atom. The van der Waals surface area contributed by atoms with Crippen LogP contribution in [0.15, 0.2) is 46.3 Å². The lowest BCUT2D eigenvalue weighted by Gasteiger charge is -2.39. The average molecular weight is 454 g/mol. The number of ether oxygens (including phenoxy) is 1. The van der Waals surface area contributed by atoms with Crippen LogP contribution in [0.4, 0.5) is 5.69 Å². The van der Waals surface area contributed by atoms with Crippen molar-refractivity contribution in [3.05, 3.63) is 63.9 Å². The van der Waals surface area contributed by atoms with Crippen LogP contribution >= 0.6 is 11.3 Å². The highest BCUT2D eigenvalue weighted by atomic mass is 32.1. The molecule has 7 nitrogen and oxygen atoms in total. The number of amides is 1. The van der Waals surface area contributed by atoms with Crippen molar-refractivity contribution in [1.29, 1.82) is 0 Å². The topological polar surface area (TPSA) is 85.5 Å². The van der Waals surface area contributed by atoms with Crippen molar-refractivity contribution in [2.45, 2.75) is 58.6 Å². The molecule has 8 heteroatoms. The number of piperidine rings is 1. The normalized spacial score (nSPS) is 19.2. The van der Waals surface area contributed by atoms with Crippen LogP contribution in [-0.4, -0.2) is 22.0 Å². The summed E-state index contributed by atoms with van der Waals surface area (Å²) in [5.41, 5.74) is 1.63. The number of rotatable bonds is 5. The van der Waals surface area contributed by atoms with E-state index in [0.29, 0.717) is 12.2 Å². The molecule has 1 aliphatic heterocycles. The summed E-state index contributed by atoms with van der Waals surface area (Å²) in [6, 6.07) is 11.3. The molecule has 0 N–H and O–H groups in total. The fourth-order valence-electron chi connectivity index (χ4n) is 3.79. The zero-order valence-corrected chi connectivity index (χ0v) is 19.5. The monoisotopic (exact) mass is 453 g/mol. The second kappa shape index (κ2) is 8.86. The SMILES string of the molecule is Cc1ccc(N2C(=O)CC[C@@H](C(=O)OCc3nc(C(C)(C)C)no3)[C@@H]2c2cccs2)cc1. The number of benzene rings is 1. The molecule has 0 saturated carbocycles. The van der Waals surface area contributed by atoms with Crippen molar-refractivity contribution >= 4 is 28.9 Å². The quantitative estimate of drug-likeness (QED) is 0.507. The van der Waals surface area contributed by atoms with Crippen molar-refractivity contribution in [2.75, 3.05) is 4.90 Å². The Bertz CT molecular complexity index is 1080. The predicted molar refractivity (Wildman–Crippen MR) is 121 cm³/mol. The minimum absolute atomic E-state index is 0.00280. The van der Waals surface area contributed by atoms with Gasteiger partial charge in [0.05, 0.1) is 12.0 Å². The number of nitrogens with zero attached hydrogens (tertiary/aromatic N) is 3. The Morgan fingerprint density at radius 3 is 2.62 bits per heavy atom. The standard InChI is InChI=1S/C24H27N3O4S/c1-15-7-9-16(10-8-15)27-20(28)12-11-17(21(27)18-6-5-13-32-18)22(29)30-14-19-25-23(26-31-19)24(2,3)4/h5-10,13,17,21H,11-12,14H2,1-4H3/t17-,21-/m1/s1. The first kappa shape index (κ1) is 22.2. The van der Waals surface area contributed by atoms with E-state index in [-0.39, 0.29) is 36.2 Å². The van der Waals surface area contributed by atoms with Gasteiger partial charge in [0, 0.05) is 22.4 Å². The molecular weight excluding hydrogens is 426 g/mol. The molecule has 168 valence electrons. The van der Waals surface area contributed by atoms with Gasteiger partial charge >= 0.3 is 5.97 Å². The van der Waals surface area contributed by atoms with Crippen molar-refractivity contribution < 1.29 is 18.8 Å². The number of thiophene rings is 1. The smallest absolute Gasteiger partial charge is 0.311 e. The Labute approximate surface area is 191 Å².